The zero-order chi connectivity index (χ0) is 22.3. The van der Waals surface area contributed by atoms with Gasteiger partial charge in [0.25, 0.3) is 5.91 Å². The molecule has 9 heteroatoms. The predicted octanol–water partition coefficient (Wildman–Crippen LogP) is 5.23. The first kappa shape index (κ1) is 21.6. The fourth-order valence-electron chi connectivity index (χ4n) is 4.16. The van der Waals surface area contributed by atoms with Gasteiger partial charge in [-0.3, -0.25) is 10.1 Å². The lowest BCUT2D eigenvalue weighted by molar-refractivity contribution is 0.102. The Balaban J connectivity index is 1.33. The molecule has 1 aromatic heterocycles. The highest BCUT2D eigenvalue weighted by atomic mass is 32.2. The topological polar surface area (TPSA) is 79.4 Å². The van der Waals surface area contributed by atoms with Crippen LogP contribution in [0.2, 0.25) is 0 Å². The van der Waals surface area contributed by atoms with E-state index in [9.17, 15) is 13.2 Å². The fraction of sp³-hybridized carbons (Fsp3) is 0.304. The van der Waals surface area contributed by atoms with Crippen molar-refractivity contribution >= 4 is 44.2 Å². The quantitative estimate of drug-likeness (QED) is 0.547. The molecule has 1 fully saturated rings. The molecule has 3 heterocycles. The molecule has 0 bridgehead atoms. The molecule has 1 unspecified atom stereocenters. The van der Waals surface area contributed by atoms with Gasteiger partial charge in [0.05, 0.1) is 10.6 Å². The number of hydrogen-bond acceptors (Lipinski definition) is 6. The van der Waals surface area contributed by atoms with E-state index in [1.807, 2.05) is 25.1 Å². The number of nitrogens with one attached hydrogen (secondary N) is 1. The lowest BCUT2D eigenvalue weighted by atomic mass is 10.1. The number of sulfonamides is 1. The Morgan fingerprint density at radius 1 is 1.12 bits per heavy atom. The number of benzene rings is 2. The molecule has 166 valence electrons. The minimum absolute atomic E-state index is 0.00375. The second-order valence-corrected chi connectivity index (χ2v) is 12.0. The third-order valence-corrected chi connectivity index (χ3v) is 10.2. The van der Waals surface area contributed by atoms with Crippen molar-refractivity contribution in [2.24, 2.45) is 0 Å². The van der Waals surface area contributed by atoms with E-state index in [0.717, 1.165) is 41.1 Å². The summed E-state index contributed by atoms with van der Waals surface area (Å²) in [4.78, 5) is 20.0. The number of carbonyl (C=O) groups is 1. The monoisotopic (exact) mass is 485 g/mol. The Labute approximate surface area is 196 Å². The number of thioether (sulfide) groups is 1. The van der Waals surface area contributed by atoms with Gasteiger partial charge in [-0.2, -0.15) is 4.31 Å². The van der Waals surface area contributed by atoms with E-state index < -0.39 is 10.0 Å². The normalized spacial score (nSPS) is 18.6. The Kier molecular flexibility index (Phi) is 5.83. The summed E-state index contributed by atoms with van der Waals surface area (Å²) in [5, 5.41) is 3.43. The highest BCUT2D eigenvalue weighted by molar-refractivity contribution is 7.98. The van der Waals surface area contributed by atoms with E-state index in [0.29, 0.717) is 17.2 Å². The Hall–Kier alpha value is -2.20. The lowest BCUT2D eigenvalue weighted by Gasteiger charge is -2.32. The number of amides is 1. The van der Waals surface area contributed by atoms with Crippen molar-refractivity contribution in [1.29, 1.82) is 0 Å². The molecule has 6 nitrogen and oxygen atoms in total. The van der Waals surface area contributed by atoms with Gasteiger partial charge in [0.1, 0.15) is 0 Å². The maximum Gasteiger partial charge on any atom is 0.257 e. The van der Waals surface area contributed by atoms with Gasteiger partial charge in [-0.25, -0.2) is 13.4 Å². The fourth-order valence-corrected chi connectivity index (χ4v) is 7.95. The maximum atomic E-state index is 13.0. The van der Waals surface area contributed by atoms with Crippen molar-refractivity contribution in [3.8, 4) is 11.3 Å². The molecule has 0 saturated carbocycles. The van der Waals surface area contributed by atoms with Crippen LogP contribution in [0.4, 0.5) is 5.13 Å². The molecule has 1 atom stereocenters. The number of thiazole rings is 1. The summed E-state index contributed by atoms with van der Waals surface area (Å²) in [5.41, 5.74) is 2.42. The Bertz CT molecular complexity index is 1270. The van der Waals surface area contributed by atoms with Crippen LogP contribution in [0.1, 0.15) is 41.4 Å². The van der Waals surface area contributed by atoms with Crippen molar-refractivity contribution < 1.29 is 13.2 Å². The first-order valence-corrected chi connectivity index (χ1v) is 13.8. The third-order valence-electron chi connectivity index (χ3n) is 5.88. The number of fused-ring (bicyclic) bond motifs is 3. The molecule has 2 aliphatic heterocycles. The number of piperidine rings is 1. The Morgan fingerprint density at radius 3 is 2.69 bits per heavy atom. The van der Waals surface area contributed by atoms with E-state index in [2.05, 4.69) is 16.4 Å². The molecule has 2 aliphatic rings. The maximum absolute atomic E-state index is 13.0. The van der Waals surface area contributed by atoms with E-state index in [1.165, 1.54) is 28.4 Å². The number of carbonyl (C=O) groups excluding carboxylic acids is 1. The SMILES string of the molecule is CC1CCCCN1S(=O)(=O)c1ccc(C(=O)Nc2nc3c(s2)CSc2ccccc2-3)cc1. The summed E-state index contributed by atoms with van der Waals surface area (Å²) >= 11 is 3.25. The highest BCUT2D eigenvalue weighted by Gasteiger charge is 2.31. The average molecular weight is 486 g/mol. The molecular weight excluding hydrogens is 462 g/mol. The van der Waals surface area contributed by atoms with Gasteiger partial charge < -0.3 is 0 Å². The van der Waals surface area contributed by atoms with Gasteiger partial charge in [0.2, 0.25) is 10.0 Å². The molecule has 3 aromatic rings. The zero-order valence-corrected chi connectivity index (χ0v) is 20.0. The molecule has 1 amide bonds. The minimum atomic E-state index is -3.55. The zero-order valence-electron chi connectivity index (χ0n) is 17.6. The summed E-state index contributed by atoms with van der Waals surface area (Å²) in [6, 6.07) is 14.3. The van der Waals surface area contributed by atoms with Gasteiger partial charge in [-0.1, -0.05) is 24.6 Å². The van der Waals surface area contributed by atoms with Gasteiger partial charge in [0.15, 0.2) is 5.13 Å². The molecule has 1 saturated heterocycles. The van der Waals surface area contributed by atoms with E-state index in [-0.39, 0.29) is 16.8 Å². The standard InChI is InChI=1S/C23H23N3O3S3/c1-15-6-4-5-13-26(15)32(28,29)17-11-9-16(10-12-17)22(27)25-23-24-21-18-7-2-3-8-19(18)30-14-20(21)31-23/h2-3,7-12,15H,4-6,13-14H2,1H3,(H,24,25,27). The summed E-state index contributed by atoms with van der Waals surface area (Å²) in [7, 11) is -3.55. The van der Waals surface area contributed by atoms with Crippen LogP contribution in [-0.4, -0.2) is 36.2 Å². The van der Waals surface area contributed by atoms with E-state index in [4.69, 9.17) is 0 Å². The van der Waals surface area contributed by atoms with Crippen LogP contribution in [0.5, 0.6) is 0 Å². The summed E-state index contributed by atoms with van der Waals surface area (Å²) in [6.45, 7) is 2.49. The smallest absolute Gasteiger partial charge is 0.257 e. The number of nitrogens with zero attached hydrogens (tertiary/aromatic N) is 2. The second kappa shape index (κ2) is 8.62. The lowest BCUT2D eigenvalue weighted by Crippen LogP contribution is -2.41. The van der Waals surface area contributed by atoms with Gasteiger partial charge in [-0.05, 0) is 50.1 Å². The predicted molar refractivity (Wildman–Crippen MR) is 129 cm³/mol. The third kappa shape index (κ3) is 3.98. The number of rotatable bonds is 4. The van der Waals surface area contributed by atoms with Crippen LogP contribution in [0.25, 0.3) is 11.3 Å². The Morgan fingerprint density at radius 2 is 1.91 bits per heavy atom. The largest absolute Gasteiger partial charge is 0.298 e. The van der Waals surface area contributed by atoms with Crippen LogP contribution in [-0.2, 0) is 15.8 Å². The van der Waals surface area contributed by atoms with Gasteiger partial charge in [-0.15, -0.1) is 23.1 Å². The number of aromatic nitrogens is 1. The summed E-state index contributed by atoms with van der Waals surface area (Å²) in [5.74, 6) is 0.536. The van der Waals surface area contributed by atoms with Crippen molar-refractivity contribution in [2.75, 3.05) is 11.9 Å². The average Bonchev–Trinajstić information content (AvgIpc) is 3.22. The van der Waals surface area contributed by atoms with Crippen molar-refractivity contribution in [3.05, 3.63) is 59.0 Å². The summed E-state index contributed by atoms with van der Waals surface area (Å²) < 4.78 is 27.6. The molecule has 0 radical (unpaired) electrons. The highest BCUT2D eigenvalue weighted by Crippen LogP contribution is 2.44. The van der Waals surface area contributed by atoms with E-state index >= 15 is 0 Å². The van der Waals surface area contributed by atoms with Gasteiger partial charge in [0, 0.05) is 39.2 Å². The van der Waals surface area contributed by atoms with Crippen LogP contribution in [0, 0.1) is 0 Å². The van der Waals surface area contributed by atoms with Crippen molar-refractivity contribution in [2.45, 2.75) is 47.8 Å². The number of anilines is 1. The molecule has 0 spiro atoms. The molecule has 0 aliphatic carbocycles. The van der Waals surface area contributed by atoms with Crippen LogP contribution >= 0.6 is 23.1 Å². The van der Waals surface area contributed by atoms with Gasteiger partial charge >= 0.3 is 0 Å². The molecule has 1 N–H and O–H groups in total. The van der Waals surface area contributed by atoms with Crippen LogP contribution in [0.3, 0.4) is 0 Å². The van der Waals surface area contributed by atoms with Crippen molar-refractivity contribution in [1.82, 2.24) is 9.29 Å². The first-order valence-electron chi connectivity index (χ1n) is 10.6. The first-order chi connectivity index (χ1) is 15.4. The molecular formula is C23H23N3O3S3. The molecule has 32 heavy (non-hydrogen) atoms. The van der Waals surface area contributed by atoms with Crippen molar-refractivity contribution in [3.63, 3.8) is 0 Å². The minimum Gasteiger partial charge on any atom is -0.298 e. The second-order valence-electron chi connectivity index (χ2n) is 8.01. The molecule has 2 aromatic carbocycles. The molecule has 5 rings (SSSR count). The van der Waals surface area contributed by atoms with Crippen LogP contribution in [0.15, 0.2) is 58.3 Å². The van der Waals surface area contributed by atoms with Crippen LogP contribution < -0.4 is 5.32 Å². The summed E-state index contributed by atoms with van der Waals surface area (Å²) in [6.07, 6.45) is 2.81. The number of hydrogen-bond donors (Lipinski definition) is 1. The van der Waals surface area contributed by atoms with E-state index in [1.54, 1.807) is 28.2 Å².